The fourth-order valence-corrected chi connectivity index (χ4v) is 4.34. The molecule has 1 amide bonds. The van der Waals surface area contributed by atoms with E-state index in [0.717, 1.165) is 18.4 Å². The Morgan fingerprint density at radius 1 is 1.35 bits per heavy atom. The van der Waals surface area contributed by atoms with Crippen molar-refractivity contribution in [1.29, 1.82) is 0 Å². The summed E-state index contributed by atoms with van der Waals surface area (Å²) in [7, 11) is -3.49. The van der Waals surface area contributed by atoms with Crippen molar-refractivity contribution in [2.75, 3.05) is 25.4 Å². The van der Waals surface area contributed by atoms with Crippen LogP contribution in [-0.2, 0) is 15.4 Å². The van der Waals surface area contributed by atoms with Gasteiger partial charge in [0.05, 0.1) is 5.75 Å². The standard InChI is InChI=1S/C16H23N3O3S/c17-11-16(5-6-16)14-3-1-2-13(8-14)15(20)19-7-4-12(9-19)10-23(18,21)22/h1-3,8,12H,4-7,9-11,17H2,(H2,18,21,22). The highest BCUT2D eigenvalue weighted by Crippen LogP contribution is 2.47. The average Bonchev–Trinajstić information content (AvgIpc) is 3.19. The first-order valence-electron chi connectivity index (χ1n) is 7.93. The summed E-state index contributed by atoms with van der Waals surface area (Å²) in [5, 5.41) is 5.09. The molecule has 126 valence electrons. The molecule has 3 rings (SSSR count). The highest BCUT2D eigenvalue weighted by atomic mass is 32.2. The third kappa shape index (κ3) is 3.57. The van der Waals surface area contributed by atoms with E-state index < -0.39 is 10.0 Å². The molecule has 1 aromatic carbocycles. The first-order valence-corrected chi connectivity index (χ1v) is 9.65. The van der Waals surface area contributed by atoms with Crippen LogP contribution in [0.15, 0.2) is 24.3 Å². The predicted octanol–water partition coefficient (Wildman–Crippen LogP) is 0.428. The minimum Gasteiger partial charge on any atom is -0.338 e. The second kappa shape index (κ2) is 5.89. The van der Waals surface area contributed by atoms with Gasteiger partial charge in [-0.2, -0.15) is 0 Å². The smallest absolute Gasteiger partial charge is 0.253 e. The normalized spacial score (nSPS) is 23.0. The lowest BCUT2D eigenvalue weighted by Crippen LogP contribution is -2.31. The molecule has 7 heteroatoms. The molecule has 0 radical (unpaired) electrons. The fourth-order valence-electron chi connectivity index (χ4n) is 3.41. The van der Waals surface area contributed by atoms with Gasteiger partial charge in [-0.3, -0.25) is 4.79 Å². The largest absolute Gasteiger partial charge is 0.338 e. The summed E-state index contributed by atoms with van der Waals surface area (Å²) >= 11 is 0. The molecule has 2 fully saturated rings. The summed E-state index contributed by atoms with van der Waals surface area (Å²) in [6.45, 7) is 1.62. The number of carbonyl (C=O) groups excluding carboxylic acids is 1. The van der Waals surface area contributed by atoms with Crippen LogP contribution in [0.3, 0.4) is 0 Å². The number of hydrogen-bond donors (Lipinski definition) is 2. The molecule has 1 unspecified atom stereocenters. The van der Waals surface area contributed by atoms with Crippen molar-refractivity contribution in [3.63, 3.8) is 0 Å². The van der Waals surface area contributed by atoms with Crippen LogP contribution in [0.5, 0.6) is 0 Å². The third-order valence-corrected chi connectivity index (χ3v) is 5.94. The number of rotatable bonds is 5. The minimum absolute atomic E-state index is 0.0448. The van der Waals surface area contributed by atoms with Crippen LogP contribution < -0.4 is 10.9 Å². The number of hydrogen-bond acceptors (Lipinski definition) is 4. The number of benzene rings is 1. The van der Waals surface area contributed by atoms with Crippen LogP contribution in [-0.4, -0.2) is 44.6 Å². The van der Waals surface area contributed by atoms with Gasteiger partial charge in [-0.25, -0.2) is 13.6 Å². The molecule has 0 bridgehead atoms. The summed E-state index contributed by atoms with van der Waals surface area (Å²) in [5.74, 6) is -0.180. The van der Waals surface area contributed by atoms with Crippen molar-refractivity contribution in [3.05, 3.63) is 35.4 Å². The summed E-state index contributed by atoms with van der Waals surface area (Å²) in [4.78, 5) is 14.4. The molecule has 1 aliphatic carbocycles. The van der Waals surface area contributed by atoms with E-state index >= 15 is 0 Å². The Morgan fingerprint density at radius 3 is 2.70 bits per heavy atom. The first-order chi connectivity index (χ1) is 10.8. The van der Waals surface area contributed by atoms with E-state index in [1.54, 1.807) is 4.90 Å². The number of amides is 1. The van der Waals surface area contributed by atoms with Crippen LogP contribution in [0.4, 0.5) is 0 Å². The van der Waals surface area contributed by atoms with Gasteiger partial charge in [0.1, 0.15) is 0 Å². The SMILES string of the molecule is NCC1(c2cccc(C(=O)N3CCC(CS(N)(=O)=O)C3)c2)CC1. The molecule has 1 saturated heterocycles. The van der Waals surface area contributed by atoms with Crippen LogP contribution in [0.2, 0.25) is 0 Å². The van der Waals surface area contributed by atoms with Gasteiger partial charge in [0.15, 0.2) is 0 Å². The summed E-state index contributed by atoms with van der Waals surface area (Å²) < 4.78 is 22.4. The van der Waals surface area contributed by atoms with E-state index in [1.165, 1.54) is 0 Å². The zero-order valence-corrected chi connectivity index (χ0v) is 13.9. The summed E-state index contributed by atoms with van der Waals surface area (Å²) in [6.07, 6.45) is 2.82. The Balaban J connectivity index is 1.71. The number of nitrogens with two attached hydrogens (primary N) is 2. The molecule has 4 N–H and O–H groups in total. The van der Waals surface area contributed by atoms with Crippen molar-refractivity contribution < 1.29 is 13.2 Å². The number of likely N-dealkylation sites (tertiary alicyclic amines) is 1. The van der Waals surface area contributed by atoms with Gasteiger partial charge in [0, 0.05) is 30.6 Å². The van der Waals surface area contributed by atoms with Crippen molar-refractivity contribution in [2.45, 2.75) is 24.7 Å². The van der Waals surface area contributed by atoms with Crippen molar-refractivity contribution >= 4 is 15.9 Å². The monoisotopic (exact) mass is 337 g/mol. The van der Waals surface area contributed by atoms with Crippen LogP contribution in [0.25, 0.3) is 0 Å². The molecule has 2 aliphatic rings. The molecule has 0 spiro atoms. The quantitative estimate of drug-likeness (QED) is 0.812. The fraction of sp³-hybridized carbons (Fsp3) is 0.562. The molecular formula is C16H23N3O3S. The van der Waals surface area contributed by atoms with Gasteiger partial charge >= 0.3 is 0 Å². The van der Waals surface area contributed by atoms with Crippen molar-refractivity contribution in [2.24, 2.45) is 16.8 Å². The molecule has 1 aliphatic heterocycles. The zero-order valence-electron chi connectivity index (χ0n) is 13.1. The van der Waals surface area contributed by atoms with E-state index in [2.05, 4.69) is 0 Å². The Kier molecular flexibility index (Phi) is 4.20. The minimum atomic E-state index is -3.49. The lowest BCUT2D eigenvalue weighted by Gasteiger charge is -2.18. The van der Waals surface area contributed by atoms with E-state index in [1.807, 2.05) is 24.3 Å². The van der Waals surface area contributed by atoms with Crippen LogP contribution in [0, 0.1) is 5.92 Å². The number of sulfonamides is 1. The number of primary sulfonamides is 1. The van der Waals surface area contributed by atoms with Gasteiger partial charge < -0.3 is 10.6 Å². The maximum atomic E-state index is 12.7. The van der Waals surface area contributed by atoms with Crippen molar-refractivity contribution in [3.8, 4) is 0 Å². The Labute approximate surface area is 136 Å². The lowest BCUT2D eigenvalue weighted by atomic mass is 9.94. The molecule has 6 nitrogen and oxygen atoms in total. The van der Waals surface area contributed by atoms with Gasteiger partial charge in [-0.1, -0.05) is 12.1 Å². The molecule has 1 atom stereocenters. The van der Waals surface area contributed by atoms with Gasteiger partial charge in [-0.05, 0) is 42.9 Å². The van der Waals surface area contributed by atoms with E-state index in [-0.39, 0.29) is 23.0 Å². The Hall–Kier alpha value is -1.44. The Bertz CT molecular complexity index is 713. The second-order valence-electron chi connectivity index (χ2n) is 6.80. The third-order valence-electron chi connectivity index (χ3n) is 5.01. The van der Waals surface area contributed by atoms with Gasteiger partial charge in [0.2, 0.25) is 10.0 Å². The predicted molar refractivity (Wildman–Crippen MR) is 88.4 cm³/mol. The molecule has 1 heterocycles. The van der Waals surface area contributed by atoms with E-state index in [0.29, 0.717) is 31.6 Å². The maximum Gasteiger partial charge on any atom is 0.253 e. The number of nitrogens with zero attached hydrogens (tertiary/aromatic N) is 1. The highest BCUT2D eigenvalue weighted by Gasteiger charge is 2.43. The molecular weight excluding hydrogens is 314 g/mol. The van der Waals surface area contributed by atoms with Gasteiger partial charge in [-0.15, -0.1) is 0 Å². The van der Waals surface area contributed by atoms with Crippen LogP contribution >= 0.6 is 0 Å². The van der Waals surface area contributed by atoms with Crippen molar-refractivity contribution in [1.82, 2.24) is 4.90 Å². The van der Waals surface area contributed by atoms with E-state index in [9.17, 15) is 13.2 Å². The topological polar surface area (TPSA) is 106 Å². The molecule has 23 heavy (non-hydrogen) atoms. The van der Waals surface area contributed by atoms with Crippen LogP contribution in [0.1, 0.15) is 35.2 Å². The van der Waals surface area contributed by atoms with Gasteiger partial charge in [0.25, 0.3) is 5.91 Å². The summed E-state index contributed by atoms with van der Waals surface area (Å²) in [5.41, 5.74) is 7.70. The molecule has 1 saturated carbocycles. The number of carbonyl (C=O) groups is 1. The lowest BCUT2D eigenvalue weighted by molar-refractivity contribution is 0.0788. The highest BCUT2D eigenvalue weighted by molar-refractivity contribution is 7.89. The first kappa shape index (κ1) is 16.4. The zero-order chi connectivity index (χ0) is 16.7. The maximum absolute atomic E-state index is 12.7. The molecule has 0 aromatic heterocycles. The average molecular weight is 337 g/mol. The Morgan fingerprint density at radius 2 is 2.09 bits per heavy atom. The molecule has 1 aromatic rings. The van der Waals surface area contributed by atoms with E-state index in [4.69, 9.17) is 10.9 Å². The second-order valence-corrected chi connectivity index (χ2v) is 8.46. The summed E-state index contributed by atoms with van der Waals surface area (Å²) in [6, 6.07) is 7.68.